The summed E-state index contributed by atoms with van der Waals surface area (Å²) in [6.45, 7) is 4.39. The number of aryl methyl sites for hydroxylation is 1. The maximum atomic E-state index is 4.33. The summed E-state index contributed by atoms with van der Waals surface area (Å²) in [7, 11) is 0. The van der Waals surface area contributed by atoms with Gasteiger partial charge in [0, 0.05) is 12.5 Å². The Morgan fingerprint density at radius 3 is 2.87 bits per heavy atom. The minimum absolute atomic E-state index is 0.712. The highest BCUT2D eigenvalue weighted by Gasteiger charge is 2.29. The predicted molar refractivity (Wildman–Crippen MR) is 57.7 cm³/mol. The summed E-state index contributed by atoms with van der Waals surface area (Å²) in [5.74, 6) is 3.08. The van der Waals surface area contributed by atoms with E-state index >= 15 is 0 Å². The van der Waals surface area contributed by atoms with Gasteiger partial charge in [0.1, 0.15) is 11.6 Å². The zero-order valence-electron chi connectivity index (χ0n) is 9.24. The van der Waals surface area contributed by atoms with Crippen molar-refractivity contribution < 1.29 is 0 Å². The highest BCUT2D eigenvalue weighted by atomic mass is 15.3. The molecule has 1 unspecified atom stereocenters. The molecule has 2 fully saturated rings. The van der Waals surface area contributed by atoms with Gasteiger partial charge in [-0.1, -0.05) is 0 Å². The number of hydrogen-bond acceptors (Lipinski definition) is 3. The number of nitrogens with zero attached hydrogens (tertiary/aromatic N) is 3. The fourth-order valence-electron chi connectivity index (χ4n) is 2.51. The van der Waals surface area contributed by atoms with E-state index in [4.69, 9.17) is 0 Å². The van der Waals surface area contributed by atoms with Gasteiger partial charge in [-0.2, -0.15) is 0 Å². The molecule has 1 atom stereocenters. The molecule has 15 heavy (non-hydrogen) atoms. The molecule has 0 bridgehead atoms. The van der Waals surface area contributed by atoms with Crippen LogP contribution in [0.2, 0.25) is 0 Å². The Morgan fingerprint density at radius 1 is 1.33 bits per heavy atom. The molecule has 2 heterocycles. The fourth-order valence-corrected chi connectivity index (χ4v) is 2.51. The van der Waals surface area contributed by atoms with Crippen molar-refractivity contribution in [1.82, 2.24) is 20.1 Å². The van der Waals surface area contributed by atoms with E-state index in [1.54, 1.807) is 0 Å². The lowest BCUT2D eigenvalue weighted by atomic mass is 10.0. The van der Waals surface area contributed by atoms with E-state index in [1.807, 2.05) is 0 Å². The standard InChI is InChI=1S/C11H18N4/c1-8-13-14-11(15(8)10-2-3-10)6-9-4-5-12-7-9/h9-10,12H,2-7H2,1H3. The van der Waals surface area contributed by atoms with Crippen LogP contribution in [0.1, 0.15) is 37.0 Å². The number of rotatable bonds is 3. The van der Waals surface area contributed by atoms with E-state index in [-0.39, 0.29) is 0 Å². The van der Waals surface area contributed by atoms with Crippen molar-refractivity contribution in [2.24, 2.45) is 5.92 Å². The monoisotopic (exact) mass is 206 g/mol. The third kappa shape index (κ3) is 1.78. The SMILES string of the molecule is Cc1nnc(CC2CCNC2)n1C1CC1. The third-order valence-electron chi connectivity index (χ3n) is 3.48. The maximum Gasteiger partial charge on any atom is 0.133 e. The topological polar surface area (TPSA) is 42.7 Å². The van der Waals surface area contributed by atoms with Crippen molar-refractivity contribution >= 4 is 0 Å². The van der Waals surface area contributed by atoms with Crippen molar-refractivity contribution in [2.45, 2.75) is 38.6 Å². The molecule has 1 aliphatic heterocycles. The molecule has 1 saturated heterocycles. The van der Waals surface area contributed by atoms with Gasteiger partial charge in [-0.05, 0) is 45.2 Å². The van der Waals surface area contributed by atoms with E-state index < -0.39 is 0 Å². The van der Waals surface area contributed by atoms with Gasteiger partial charge in [0.25, 0.3) is 0 Å². The van der Waals surface area contributed by atoms with Crippen LogP contribution >= 0.6 is 0 Å². The Kier molecular flexibility index (Phi) is 2.24. The average Bonchev–Trinajstić information content (AvgIpc) is 2.80. The molecule has 1 saturated carbocycles. The van der Waals surface area contributed by atoms with Gasteiger partial charge in [0.05, 0.1) is 0 Å². The normalized spacial score (nSPS) is 26.1. The van der Waals surface area contributed by atoms with E-state index in [9.17, 15) is 0 Å². The fraction of sp³-hybridized carbons (Fsp3) is 0.818. The van der Waals surface area contributed by atoms with E-state index in [1.165, 1.54) is 31.6 Å². The van der Waals surface area contributed by atoms with Crippen molar-refractivity contribution in [3.05, 3.63) is 11.6 Å². The van der Waals surface area contributed by atoms with Crippen LogP contribution in [-0.2, 0) is 6.42 Å². The zero-order valence-corrected chi connectivity index (χ0v) is 9.24. The van der Waals surface area contributed by atoms with Crippen LogP contribution in [-0.4, -0.2) is 27.9 Å². The van der Waals surface area contributed by atoms with Gasteiger partial charge < -0.3 is 9.88 Å². The van der Waals surface area contributed by atoms with E-state index in [2.05, 4.69) is 27.0 Å². The molecule has 0 amide bonds. The smallest absolute Gasteiger partial charge is 0.133 e. The molecule has 1 aromatic rings. The van der Waals surface area contributed by atoms with Gasteiger partial charge in [-0.25, -0.2) is 0 Å². The molecule has 2 aliphatic rings. The molecule has 0 aromatic carbocycles. The Bertz CT molecular complexity index is 347. The van der Waals surface area contributed by atoms with Gasteiger partial charge in [0.15, 0.2) is 0 Å². The number of hydrogen-bond donors (Lipinski definition) is 1. The Morgan fingerprint density at radius 2 is 2.20 bits per heavy atom. The summed E-state index contributed by atoms with van der Waals surface area (Å²) in [5.41, 5.74) is 0. The minimum Gasteiger partial charge on any atom is -0.316 e. The van der Waals surface area contributed by atoms with Gasteiger partial charge in [-0.15, -0.1) is 10.2 Å². The van der Waals surface area contributed by atoms with Crippen molar-refractivity contribution in [1.29, 1.82) is 0 Å². The Hall–Kier alpha value is -0.900. The molecule has 1 N–H and O–H groups in total. The molecule has 0 radical (unpaired) electrons. The van der Waals surface area contributed by atoms with Crippen LogP contribution in [0.4, 0.5) is 0 Å². The molecule has 3 rings (SSSR count). The second-order valence-electron chi connectivity index (χ2n) is 4.83. The first-order valence-electron chi connectivity index (χ1n) is 5.95. The third-order valence-corrected chi connectivity index (χ3v) is 3.48. The molecule has 82 valence electrons. The average molecular weight is 206 g/mol. The predicted octanol–water partition coefficient (Wildman–Crippen LogP) is 1.07. The van der Waals surface area contributed by atoms with Crippen LogP contribution in [0.3, 0.4) is 0 Å². The number of nitrogens with one attached hydrogen (secondary N) is 1. The molecule has 0 spiro atoms. The van der Waals surface area contributed by atoms with Gasteiger partial charge in [0.2, 0.25) is 0 Å². The highest BCUT2D eigenvalue weighted by Crippen LogP contribution is 2.36. The first-order chi connectivity index (χ1) is 7.34. The lowest BCUT2D eigenvalue weighted by molar-refractivity contribution is 0.533. The largest absolute Gasteiger partial charge is 0.316 e. The second-order valence-corrected chi connectivity index (χ2v) is 4.83. The summed E-state index contributed by atoms with van der Waals surface area (Å²) in [5, 5.41) is 11.9. The second kappa shape index (κ2) is 3.59. The zero-order chi connectivity index (χ0) is 10.3. The van der Waals surface area contributed by atoms with Gasteiger partial charge in [-0.3, -0.25) is 0 Å². The maximum absolute atomic E-state index is 4.33. The van der Waals surface area contributed by atoms with Crippen molar-refractivity contribution in [3.8, 4) is 0 Å². The van der Waals surface area contributed by atoms with Crippen molar-refractivity contribution in [2.75, 3.05) is 13.1 Å². The first-order valence-corrected chi connectivity index (χ1v) is 5.95. The minimum atomic E-state index is 0.712. The summed E-state index contributed by atoms with van der Waals surface area (Å²) in [6, 6.07) is 0.712. The summed E-state index contributed by atoms with van der Waals surface area (Å²) in [6.07, 6.45) is 5.02. The van der Waals surface area contributed by atoms with E-state index in [0.717, 1.165) is 24.7 Å². The molecular weight excluding hydrogens is 188 g/mol. The highest BCUT2D eigenvalue weighted by molar-refractivity contribution is 5.02. The van der Waals surface area contributed by atoms with Crippen LogP contribution in [0.25, 0.3) is 0 Å². The Balaban J connectivity index is 1.78. The van der Waals surface area contributed by atoms with Crippen LogP contribution < -0.4 is 5.32 Å². The molecule has 1 aromatic heterocycles. The van der Waals surface area contributed by atoms with Crippen LogP contribution in [0.15, 0.2) is 0 Å². The van der Waals surface area contributed by atoms with Crippen molar-refractivity contribution in [3.63, 3.8) is 0 Å². The quantitative estimate of drug-likeness (QED) is 0.804. The lowest BCUT2D eigenvalue weighted by Crippen LogP contribution is -2.14. The molecular formula is C11H18N4. The lowest BCUT2D eigenvalue weighted by Gasteiger charge is -2.10. The van der Waals surface area contributed by atoms with Gasteiger partial charge >= 0.3 is 0 Å². The van der Waals surface area contributed by atoms with Crippen LogP contribution in [0, 0.1) is 12.8 Å². The summed E-state index contributed by atoms with van der Waals surface area (Å²) >= 11 is 0. The van der Waals surface area contributed by atoms with Crippen LogP contribution in [0.5, 0.6) is 0 Å². The first kappa shape index (κ1) is 9.33. The van der Waals surface area contributed by atoms with E-state index in [0.29, 0.717) is 6.04 Å². The summed E-state index contributed by atoms with van der Waals surface area (Å²) in [4.78, 5) is 0. The molecule has 4 nitrogen and oxygen atoms in total. The Labute approximate surface area is 90.1 Å². The summed E-state index contributed by atoms with van der Waals surface area (Å²) < 4.78 is 2.36. The molecule has 1 aliphatic carbocycles. The molecule has 4 heteroatoms. The number of aromatic nitrogens is 3.